The van der Waals surface area contributed by atoms with Crippen molar-refractivity contribution < 1.29 is 9.53 Å². The molecule has 0 spiro atoms. The molecule has 110 valence electrons. The Balaban J connectivity index is 1.94. The number of hydrogen-bond donors (Lipinski definition) is 1. The lowest BCUT2D eigenvalue weighted by molar-refractivity contribution is -0.132. The van der Waals surface area contributed by atoms with Crippen molar-refractivity contribution in [3.8, 4) is 0 Å². The van der Waals surface area contributed by atoms with Gasteiger partial charge in [-0.2, -0.15) is 0 Å². The first-order valence-corrected chi connectivity index (χ1v) is 7.69. The van der Waals surface area contributed by atoms with Crippen LogP contribution in [0.2, 0.25) is 0 Å². The first-order chi connectivity index (χ1) is 9.81. The summed E-state index contributed by atoms with van der Waals surface area (Å²) >= 11 is 0. The number of carbonyl (C=O) groups excluding carboxylic acids is 1. The minimum absolute atomic E-state index is 0.00993. The highest BCUT2D eigenvalue weighted by molar-refractivity contribution is 5.82. The molecule has 0 aromatic heterocycles. The Morgan fingerprint density at radius 1 is 1.10 bits per heavy atom. The molecule has 1 unspecified atom stereocenters. The van der Waals surface area contributed by atoms with Gasteiger partial charge in [0.1, 0.15) is 0 Å². The standard InChI is InChI=1S/C17H25NO2/c1-20-16(14-10-6-5-7-11-14)17(19)18-15-12-8-3-2-4-9-13-15/h5-7,10-11,15-16H,2-4,8-9,12-13H2,1H3,(H,18,19). The third-order valence-electron chi connectivity index (χ3n) is 4.03. The van der Waals surface area contributed by atoms with E-state index in [4.69, 9.17) is 4.74 Å². The molecule has 1 amide bonds. The van der Waals surface area contributed by atoms with Crippen molar-refractivity contribution in [2.24, 2.45) is 0 Å². The summed E-state index contributed by atoms with van der Waals surface area (Å²) < 4.78 is 5.38. The van der Waals surface area contributed by atoms with Gasteiger partial charge in [-0.1, -0.05) is 62.4 Å². The van der Waals surface area contributed by atoms with E-state index in [1.807, 2.05) is 30.3 Å². The first kappa shape index (κ1) is 15.0. The lowest BCUT2D eigenvalue weighted by Crippen LogP contribution is -2.39. The van der Waals surface area contributed by atoms with Crippen molar-refractivity contribution in [2.45, 2.75) is 57.1 Å². The molecular weight excluding hydrogens is 250 g/mol. The highest BCUT2D eigenvalue weighted by Gasteiger charge is 2.22. The predicted molar refractivity (Wildman–Crippen MR) is 80.4 cm³/mol. The number of amides is 1. The van der Waals surface area contributed by atoms with E-state index in [2.05, 4.69) is 5.32 Å². The highest BCUT2D eigenvalue weighted by Crippen LogP contribution is 2.20. The van der Waals surface area contributed by atoms with Gasteiger partial charge in [0.15, 0.2) is 6.10 Å². The maximum Gasteiger partial charge on any atom is 0.253 e. The van der Waals surface area contributed by atoms with Crippen molar-refractivity contribution in [3.63, 3.8) is 0 Å². The molecule has 1 aliphatic carbocycles. The maximum atomic E-state index is 12.4. The number of hydrogen-bond acceptors (Lipinski definition) is 2. The number of benzene rings is 1. The van der Waals surface area contributed by atoms with Crippen molar-refractivity contribution in [1.29, 1.82) is 0 Å². The number of methoxy groups -OCH3 is 1. The van der Waals surface area contributed by atoms with Gasteiger partial charge in [0.05, 0.1) is 0 Å². The Morgan fingerprint density at radius 3 is 2.30 bits per heavy atom. The summed E-state index contributed by atoms with van der Waals surface area (Å²) in [6.45, 7) is 0. The second kappa shape index (κ2) is 8.05. The van der Waals surface area contributed by atoms with E-state index in [1.54, 1.807) is 7.11 Å². The lowest BCUT2D eigenvalue weighted by atomic mass is 9.96. The summed E-state index contributed by atoms with van der Waals surface area (Å²) in [4.78, 5) is 12.4. The van der Waals surface area contributed by atoms with E-state index in [0.29, 0.717) is 6.04 Å². The van der Waals surface area contributed by atoms with Crippen LogP contribution in [0.4, 0.5) is 0 Å². The van der Waals surface area contributed by atoms with Gasteiger partial charge in [-0.25, -0.2) is 0 Å². The van der Waals surface area contributed by atoms with Crippen LogP contribution in [0.25, 0.3) is 0 Å². The highest BCUT2D eigenvalue weighted by atomic mass is 16.5. The van der Waals surface area contributed by atoms with Crippen molar-refractivity contribution in [2.75, 3.05) is 7.11 Å². The monoisotopic (exact) mass is 275 g/mol. The zero-order valence-electron chi connectivity index (χ0n) is 12.3. The third-order valence-corrected chi connectivity index (χ3v) is 4.03. The second-order valence-electron chi connectivity index (χ2n) is 5.58. The fraction of sp³-hybridized carbons (Fsp3) is 0.588. The Hall–Kier alpha value is -1.35. The van der Waals surface area contributed by atoms with E-state index >= 15 is 0 Å². The zero-order chi connectivity index (χ0) is 14.2. The van der Waals surface area contributed by atoms with Crippen LogP contribution in [0.5, 0.6) is 0 Å². The molecule has 0 bridgehead atoms. The minimum Gasteiger partial charge on any atom is -0.367 e. The van der Waals surface area contributed by atoms with Gasteiger partial charge < -0.3 is 10.1 Å². The molecule has 1 aromatic rings. The fourth-order valence-electron chi connectivity index (χ4n) is 2.90. The Kier molecular flexibility index (Phi) is 6.06. The van der Waals surface area contributed by atoms with E-state index in [-0.39, 0.29) is 5.91 Å². The summed E-state index contributed by atoms with van der Waals surface area (Å²) in [6.07, 6.45) is 8.04. The maximum absolute atomic E-state index is 12.4. The summed E-state index contributed by atoms with van der Waals surface area (Å²) in [5.74, 6) is -0.00993. The predicted octanol–water partition coefficient (Wildman–Crippen LogP) is 3.60. The zero-order valence-corrected chi connectivity index (χ0v) is 12.3. The number of rotatable bonds is 4. The molecule has 0 radical (unpaired) electrons. The lowest BCUT2D eigenvalue weighted by Gasteiger charge is -2.24. The molecule has 1 atom stereocenters. The summed E-state index contributed by atoms with van der Waals surface area (Å²) in [7, 11) is 1.59. The SMILES string of the molecule is COC(C(=O)NC1CCCCCCC1)c1ccccc1. The van der Waals surface area contributed by atoms with Crippen LogP contribution in [0, 0.1) is 0 Å². The molecule has 20 heavy (non-hydrogen) atoms. The van der Waals surface area contributed by atoms with E-state index in [1.165, 1.54) is 32.1 Å². The van der Waals surface area contributed by atoms with Crippen LogP contribution in [0.1, 0.15) is 56.6 Å². The van der Waals surface area contributed by atoms with Crippen LogP contribution in [-0.4, -0.2) is 19.1 Å². The Labute approximate surface area is 121 Å². The Morgan fingerprint density at radius 2 is 1.70 bits per heavy atom. The number of carbonyl (C=O) groups is 1. The molecule has 3 heteroatoms. The van der Waals surface area contributed by atoms with E-state index in [0.717, 1.165) is 18.4 Å². The van der Waals surface area contributed by atoms with Gasteiger partial charge in [-0.15, -0.1) is 0 Å². The molecule has 1 saturated carbocycles. The van der Waals surface area contributed by atoms with Crippen LogP contribution in [0.15, 0.2) is 30.3 Å². The first-order valence-electron chi connectivity index (χ1n) is 7.69. The van der Waals surface area contributed by atoms with Gasteiger partial charge in [0.25, 0.3) is 5.91 Å². The van der Waals surface area contributed by atoms with Crippen molar-refractivity contribution in [1.82, 2.24) is 5.32 Å². The molecule has 1 N–H and O–H groups in total. The van der Waals surface area contributed by atoms with Gasteiger partial charge in [-0.3, -0.25) is 4.79 Å². The summed E-state index contributed by atoms with van der Waals surface area (Å²) in [5, 5.41) is 3.17. The normalized spacial score (nSPS) is 18.9. The van der Waals surface area contributed by atoms with Crippen LogP contribution in [0.3, 0.4) is 0 Å². The largest absolute Gasteiger partial charge is 0.367 e. The van der Waals surface area contributed by atoms with Gasteiger partial charge in [0.2, 0.25) is 0 Å². The summed E-state index contributed by atoms with van der Waals surface area (Å²) in [5.41, 5.74) is 0.915. The van der Waals surface area contributed by atoms with Gasteiger partial charge >= 0.3 is 0 Å². The average Bonchev–Trinajstić information content (AvgIpc) is 2.44. The smallest absolute Gasteiger partial charge is 0.253 e. The molecule has 1 fully saturated rings. The van der Waals surface area contributed by atoms with Crippen molar-refractivity contribution >= 4 is 5.91 Å². The molecule has 1 aliphatic rings. The third kappa shape index (κ3) is 4.34. The average molecular weight is 275 g/mol. The van der Waals surface area contributed by atoms with Gasteiger partial charge in [0, 0.05) is 13.2 Å². The molecular formula is C17H25NO2. The second-order valence-corrected chi connectivity index (χ2v) is 5.58. The topological polar surface area (TPSA) is 38.3 Å². The van der Waals surface area contributed by atoms with Crippen LogP contribution >= 0.6 is 0 Å². The number of nitrogens with one attached hydrogen (secondary N) is 1. The molecule has 0 heterocycles. The molecule has 0 aliphatic heterocycles. The van der Waals surface area contributed by atoms with Crippen LogP contribution in [-0.2, 0) is 9.53 Å². The molecule has 0 saturated heterocycles. The van der Waals surface area contributed by atoms with Crippen LogP contribution < -0.4 is 5.32 Å². The van der Waals surface area contributed by atoms with Gasteiger partial charge in [-0.05, 0) is 18.4 Å². The summed E-state index contributed by atoms with van der Waals surface area (Å²) in [6, 6.07) is 10.00. The van der Waals surface area contributed by atoms with Crippen molar-refractivity contribution in [3.05, 3.63) is 35.9 Å². The van der Waals surface area contributed by atoms with E-state index in [9.17, 15) is 4.79 Å². The van der Waals surface area contributed by atoms with E-state index < -0.39 is 6.10 Å². The molecule has 1 aromatic carbocycles. The fourth-order valence-corrected chi connectivity index (χ4v) is 2.90. The minimum atomic E-state index is -0.498. The Bertz CT molecular complexity index is 397. The quantitative estimate of drug-likeness (QED) is 0.911. The molecule has 3 nitrogen and oxygen atoms in total. The molecule has 2 rings (SSSR count). The number of ether oxygens (including phenoxy) is 1.